The van der Waals surface area contributed by atoms with Gasteiger partial charge in [-0.25, -0.2) is 4.79 Å². The van der Waals surface area contributed by atoms with Gasteiger partial charge in [-0.15, -0.1) is 22.0 Å². The Bertz CT molecular complexity index is 574. The van der Waals surface area contributed by atoms with Gasteiger partial charge in [0.05, 0.1) is 10.4 Å². The molecule has 0 saturated carbocycles. The number of rotatable bonds is 5. The van der Waals surface area contributed by atoms with E-state index in [-0.39, 0.29) is 12.3 Å². The van der Waals surface area contributed by atoms with Crippen molar-refractivity contribution >= 4 is 28.6 Å². The number of carboxylic acids is 1. The summed E-state index contributed by atoms with van der Waals surface area (Å²) in [6, 6.07) is 7.30. The predicted molar refractivity (Wildman–Crippen MR) is 68.9 cm³/mol. The number of benzene rings is 1. The van der Waals surface area contributed by atoms with Gasteiger partial charge in [-0.3, -0.25) is 0 Å². The van der Waals surface area contributed by atoms with Crippen molar-refractivity contribution in [1.82, 2.24) is 10.2 Å². The quantitative estimate of drug-likeness (QED) is 0.633. The first-order valence-corrected chi connectivity index (χ1v) is 6.45. The molecule has 18 heavy (non-hydrogen) atoms. The highest BCUT2D eigenvalue weighted by Gasteiger charge is 2.16. The van der Waals surface area contributed by atoms with Gasteiger partial charge in [0.2, 0.25) is 0 Å². The van der Waals surface area contributed by atoms with Crippen molar-refractivity contribution in [1.29, 1.82) is 0 Å². The molecule has 2 N–H and O–H groups in total. The second-order valence-corrected chi connectivity index (χ2v) is 4.73. The number of aliphatic hydroxyl groups is 1. The van der Waals surface area contributed by atoms with Crippen molar-refractivity contribution < 1.29 is 15.0 Å². The Kier molecular flexibility index (Phi) is 4.11. The zero-order valence-electron chi connectivity index (χ0n) is 9.54. The molecule has 1 aromatic carbocycles. The molecule has 2 rings (SSSR count). The summed E-state index contributed by atoms with van der Waals surface area (Å²) in [6.45, 7) is 0.0891. The summed E-state index contributed by atoms with van der Waals surface area (Å²) < 4.78 is 0. The van der Waals surface area contributed by atoms with Crippen molar-refractivity contribution in [2.75, 3.05) is 12.4 Å². The van der Waals surface area contributed by atoms with Gasteiger partial charge in [0.1, 0.15) is 0 Å². The minimum absolute atomic E-state index is 0.0309. The number of carbonyl (C=O) groups is 1. The number of fused-ring (bicyclic) bond motifs is 1. The molecule has 1 heterocycles. The van der Waals surface area contributed by atoms with Gasteiger partial charge in [-0.1, -0.05) is 18.2 Å². The van der Waals surface area contributed by atoms with Crippen LogP contribution in [0, 0.1) is 0 Å². The fraction of sp³-hybridized carbons (Fsp3) is 0.250. The molecule has 94 valence electrons. The fourth-order valence-corrected chi connectivity index (χ4v) is 2.63. The van der Waals surface area contributed by atoms with E-state index in [1.807, 2.05) is 18.2 Å². The topological polar surface area (TPSA) is 83.3 Å². The van der Waals surface area contributed by atoms with Gasteiger partial charge in [0, 0.05) is 17.7 Å². The number of hydrogen-bond acceptors (Lipinski definition) is 5. The summed E-state index contributed by atoms with van der Waals surface area (Å²) in [4.78, 5) is 11.7. The molecule has 0 saturated heterocycles. The first kappa shape index (κ1) is 12.8. The lowest BCUT2D eigenvalue weighted by Gasteiger charge is -2.07. The summed E-state index contributed by atoms with van der Waals surface area (Å²) >= 11 is 1.39. The zero-order chi connectivity index (χ0) is 13.0. The normalized spacial score (nSPS) is 10.7. The van der Waals surface area contributed by atoms with Crippen LogP contribution in [-0.2, 0) is 0 Å². The number of aromatic carboxylic acids is 1. The van der Waals surface area contributed by atoms with Crippen molar-refractivity contribution in [3.8, 4) is 0 Å². The highest BCUT2D eigenvalue weighted by molar-refractivity contribution is 7.99. The van der Waals surface area contributed by atoms with Crippen LogP contribution < -0.4 is 0 Å². The van der Waals surface area contributed by atoms with Crippen molar-refractivity contribution in [2.45, 2.75) is 11.3 Å². The summed E-state index contributed by atoms with van der Waals surface area (Å²) in [5.41, 5.74) is 0.644. The van der Waals surface area contributed by atoms with Crippen molar-refractivity contribution in [3.63, 3.8) is 0 Å². The molecule has 1 aromatic heterocycles. The summed E-state index contributed by atoms with van der Waals surface area (Å²) in [5, 5.41) is 26.3. The molecule has 2 aromatic rings. The maximum atomic E-state index is 11.1. The Labute approximate surface area is 108 Å². The maximum absolute atomic E-state index is 11.1. The Balaban J connectivity index is 2.48. The van der Waals surface area contributed by atoms with Crippen LogP contribution >= 0.6 is 11.8 Å². The zero-order valence-corrected chi connectivity index (χ0v) is 10.4. The lowest BCUT2D eigenvalue weighted by Crippen LogP contribution is -2.05. The van der Waals surface area contributed by atoms with E-state index in [0.717, 1.165) is 5.39 Å². The van der Waals surface area contributed by atoms with Crippen LogP contribution in [0.3, 0.4) is 0 Å². The largest absolute Gasteiger partial charge is 0.476 e. The number of thioether (sulfide) groups is 1. The number of hydrogen-bond donors (Lipinski definition) is 2. The highest BCUT2D eigenvalue weighted by Crippen LogP contribution is 2.29. The molecule has 0 aliphatic heterocycles. The van der Waals surface area contributed by atoms with Gasteiger partial charge < -0.3 is 10.2 Å². The molecular formula is C12H12N2O3S. The van der Waals surface area contributed by atoms with Gasteiger partial charge in [0.25, 0.3) is 0 Å². The molecule has 0 radical (unpaired) electrons. The van der Waals surface area contributed by atoms with Crippen LogP contribution in [-0.4, -0.2) is 38.7 Å². The molecule has 0 unspecified atom stereocenters. The Morgan fingerprint density at radius 2 is 2.06 bits per heavy atom. The monoisotopic (exact) mass is 264 g/mol. The number of aromatic nitrogens is 2. The Morgan fingerprint density at radius 1 is 1.28 bits per heavy atom. The molecular weight excluding hydrogens is 252 g/mol. The third-order valence-electron chi connectivity index (χ3n) is 2.37. The van der Waals surface area contributed by atoms with Crippen LogP contribution in [0.25, 0.3) is 10.9 Å². The van der Waals surface area contributed by atoms with Crippen LogP contribution in [0.15, 0.2) is 29.2 Å². The molecule has 6 heteroatoms. The standard InChI is InChI=1S/C12H12N2O3S/c15-6-3-7-18-11-8-4-1-2-5-9(8)13-14-10(11)12(16)17/h1-2,4-5,15H,3,6-7H2,(H,16,17). The van der Waals surface area contributed by atoms with E-state index < -0.39 is 5.97 Å². The van der Waals surface area contributed by atoms with Crippen LogP contribution in [0.2, 0.25) is 0 Å². The second kappa shape index (κ2) is 5.79. The first-order chi connectivity index (χ1) is 8.74. The third kappa shape index (κ3) is 2.60. The lowest BCUT2D eigenvalue weighted by atomic mass is 10.2. The fourth-order valence-electron chi connectivity index (χ4n) is 1.55. The van der Waals surface area contributed by atoms with E-state index in [4.69, 9.17) is 10.2 Å². The minimum Gasteiger partial charge on any atom is -0.476 e. The first-order valence-electron chi connectivity index (χ1n) is 5.46. The Hall–Kier alpha value is -1.66. The molecule has 0 spiro atoms. The van der Waals surface area contributed by atoms with E-state index in [1.54, 1.807) is 6.07 Å². The SMILES string of the molecule is O=C(O)c1nnc2ccccc2c1SCCCO. The molecule has 0 atom stereocenters. The van der Waals surface area contributed by atoms with Crippen LogP contribution in [0.1, 0.15) is 16.9 Å². The number of aliphatic hydroxyl groups excluding tert-OH is 1. The number of carboxylic acid groups (broad SMARTS) is 1. The van der Waals surface area contributed by atoms with Gasteiger partial charge in [0.15, 0.2) is 5.69 Å². The van der Waals surface area contributed by atoms with Crippen LogP contribution in [0.4, 0.5) is 0 Å². The molecule has 5 nitrogen and oxygen atoms in total. The van der Waals surface area contributed by atoms with Crippen molar-refractivity contribution in [2.24, 2.45) is 0 Å². The highest BCUT2D eigenvalue weighted by atomic mass is 32.2. The van der Waals surface area contributed by atoms with E-state index in [2.05, 4.69) is 10.2 Å². The summed E-state index contributed by atoms with van der Waals surface area (Å²) in [7, 11) is 0. The van der Waals surface area contributed by atoms with E-state index in [1.165, 1.54) is 11.8 Å². The van der Waals surface area contributed by atoms with Crippen LogP contribution in [0.5, 0.6) is 0 Å². The second-order valence-electron chi connectivity index (χ2n) is 3.63. The van der Waals surface area contributed by atoms with Crippen molar-refractivity contribution in [3.05, 3.63) is 30.0 Å². The van der Waals surface area contributed by atoms with Gasteiger partial charge >= 0.3 is 5.97 Å². The smallest absolute Gasteiger partial charge is 0.357 e. The predicted octanol–water partition coefficient (Wildman–Crippen LogP) is 1.80. The van der Waals surface area contributed by atoms with Gasteiger partial charge in [-0.05, 0) is 12.5 Å². The molecule has 0 amide bonds. The molecule has 0 aliphatic carbocycles. The lowest BCUT2D eigenvalue weighted by molar-refractivity contribution is 0.0685. The Morgan fingerprint density at radius 3 is 2.78 bits per heavy atom. The molecule has 0 aliphatic rings. The average Bonchev–Trinajstić information content (AvgIpc) is 2.38. The minimum atomic E-state index is -1.08. The summed E-state index contributed by atoms with van der Waals surface area (Å²) in [5.74, 6) is -0.438. The average molecular weight is 264 g/mol. The van der Waals surface area contributed by atoms with Gasteiger partial charge in [-0.2, -0.15) is 0 Å². The third-order valence-corrected chi connectivity index (χ3v) is 3.57. The van der Waals surface area contributed by atoms with E-state index in [9.17, 15) is 4.79 Å². The summed E-state index contributed by atoms with van der Waals surface area (Å²) in [6.07, 6.45) is 0.611. The van der Waals surface area contributed by atoms with E-state index in [0.29, 0.717) is 22.6 Å². The number of nitrogens with zero attached hydrogens (tertiary/aromatic N) is 2. The molecule has 0 bridgehead atoms. The van der Waals surface area contributed by atoms with E-state index >= 15 is 0 Å². The maximum Gasteiger partial charge on any atom is 0.357 e. The molecule has 0 fully saturated rings.